The molecular weight excluding hydrogens is 469 g/mol. The van der Waals surface area contributed by atoms with Gasteiger partial charge in [-0.05, 0) is 29.3 Å². The van der Waals surface area contributed by atoms with Gasteiger partial charge in [-0.1, -0.05) is 18.2 Å². The molecule has 2 N–H and O–H groups in total. The van der Waals surface area contributed by atoms with Crippen molar-refractivity contribution < 1.29 is 63.5 Å². The average molecular weight is 488 g/mol. The zero-order chi connectivity index (χ0) is 23.5. The Morgan fingerprint density at radius 1 is 1.21 bits per heavy atom. The van der Waals surface area contributed by atoms with E-state index in [9.17, 15) is 29.4 Å². The number of carboxylic acid groups (broad SMARTS) is 2. The Morgan fingerprint density at radius 3 is 2.59 bits per heavy atom. The molecule has 0 radical (unpaired) electrons. The van der Waals surface area contributed by atoms with Gasteiger partial charge < -0.3 is 20.3 Å². The standard InChI is InChI=1S/C23H19N3O6S.Na/c27-18-12-19-26(18)20(23(31)32)16(13-33-19)4-2-8-25-9-6-14(7-10-25)21(28)24-17-5-1-3-15(11-17)22(29)30;/h1-7,9-11,19H,8,12-13H2,(H2-,24,28,29,30,31,32);/q;+1/b4-2+;. The number of nitrogens with one attached hydrogen (secondary N) is 1. The first kappa shape index (κ1) is 25.7. The largest absolute Gasteiger partial charge is 1.00 e. The van der Waals surface area contributed by atoms with Crippen LogP contribution in [0.2, 0.25) is 0 Å². The van der Waals surface area contributed by atoms with Crippen LogP contribution < -0.4 is 44.5 Å². The third-order valence-corrected chi connectivity index (χ3v) is 6.47. The maximum absolute atomic E-state index is 12.4. The van der Waals surface area contributed by atoms with Gasteiger partial charge in [0.25, 0.3) is 5.91 Å². The fourth-order valence-corrected chi connectivity index (χ4v) is 4.78. The van der Waals surface area contributed by atoms with E-state index < -0.39 is 17.8 Å². The van der Waals surface area contributed by atoms with E-state index in [1.54, 1.807) is 59.1 Å². The molecular formula is C23H19N3NaO6S+. The Morgan fingerprint density at radius 2 is 1.94 bits per heavy atom. The fraction of sp³-hybridized carbons (Fsp3) is 0.174. The number of allylic oxidation sites excluding steroid dienone is 2. The van der Waals surface area contributed by atoms with Crippen LogP contribution in [0.5, 0.6) is 0 Å². The minimum absolute atomic E-state index is 0. The van der Waals surface area contributed by atoms with Gasteiger partial charge >= 0.3 is 35.5 Å². The summed E-state index contributed by atoms with van der Waals surface area (Å²) in [6.45, 7) is 0.438. The van der Waals surface area contributed by atoms with E-state index in [4.69, 9.17) is 0 Å². The fourth-order valence-electron chi connectivity index (χ4n) is 3.54. The molecule has 1 saturated heterocycles. The Balaban J connectivity index is 0.00000324. The smallest absolute Gasteiger partial charge is 0.545 e. The number of amides is 2. The number of hydrogen-bond acceptors (Lipinski definition) is 6. The number of benzene rings is 1. The summed E-state index contributed by atoms with van der Waals surface area (Å²) in [5.74, 6) is -2.48. The van der Waals surface area contributed by atoms with Crippen molar-refractivity contribution in [2.45, 2.75) is 18.3 Å². The van der Waals surface area contributed by atoms with Crippen molar-refractivity contribution in [3.05, 3.63) is 83.3 Å². The number of pyridine rings is 1. The molecule has 2 aliphatic heterocycles. The molecule has 1 atom stereocenters. The van der Waals surface area contributed by atoms with Crippen LogP contribution in [0.25, 0.3) is 0 Å². The van der Waals surface area contributed by atoms with E-state index in [2.05, 4.69) is 5.32 Å². The zero-order valence-electron chi connectivity index (χ0n) is 18.3. The van der Waals surface area contributed by atoms with Gasteiger partial charge in [0, 0.05) is 23.6 Å². The average Bonchev–Trinajstić information content (AvgIpc) is 2.79. The minimum Gasteiger partial charge on any atom is -0.545 e. The number of hydrogen-bond donors (Lipinski definition) is 2. The van der Waals surface area contributed by atoms with Crippen LogP contribution in [0.15, 0.2) is 72.2 Å². The third kappa shape index (κ3) is 5.58. The first-order chi connectivity index (χ1) is 15.8. The van der Waals surface area contributed by atoms with Gasteiger partial charge in [-0.15, -0.1) is 11.8 Å². The Bertz CT molecular complexity index is 1210. The van der Waals surface area contributed by atoms with Gasteiger partial charge in [0.2, 0.25) is 5.91 Å². The van der Waals surface area contributed by atoms with E-state index in [1.165, 1.54) is 23.1 Å². The number of carbonyl (C=O) groups excluding carboxylic acids is 3. The third-order valence-electron chi connectivity index (χ3n) is 5.23. The summed E-state index contributed by atoms with van der Waals surface area (Å²) in [7, 11) is 0. The van der Waals surface area contributed by atoms with Gasteiger partial charge in [0.15, 0.2) is 18.9 Å². The predicted molar refractivity (Wildman–Crippen MR) is 117 cm³/mol. The summed E-state index contributed by atoms with van der Waals surface area (Å²) in [5.41, 5.74) is 1.34. The normalized spacial score (nSPS) is 17.0. The molecule has 1 fully saturated rings. The maximum Gasteiger partial charge on any atom is 1.00 e. The second-order valence-electron chi connectivity index (χ2n) is 7.42. The predicted octanol–water partition coefficient (Wildman–Crippen LogP) is -2.21. The van der Waals surface area contributed by atoms with Crippen molar-refractivity contribution in [3.63, 3.8) is 0 Å². The van der Waals surface area contributed by atoms with Crippen molar-refractivity contribution in [1.29, 1.82) is 0 Å². The zero-order valence-corrected chi connectivity index (χ0v) is 21.1. The number of carbonyl (C=O) groups is 4. The molecule has 4 rings (SSSR count). The molecule has 2 aromatic rings. The van der Waals surface area contributed by atoms with E-state index in [0.717, 1.165) is 0 Å². The number of carboxylic acids is 2. The first-order valence-electron chi connectivity index (χ1n) is 10.0. The van der Waals surface area contributed by atoms with E-state index in [1.807, 2.05) is 0 Å². The van der Waals surface area contributed by atoms with Crippen molar-refractivity contribution in [1.82, 2.24) is 4.90 Å². The van der Waals surface area contributed by atoms with Crippen LogP contribution in [0.4, 0.5) is 5.69 Å². The molecule has 2 aliphatic rings. The van der Waals surface area contributed by atoms with Crippen LogP contribution in [-0.4, -0.2) is 44.9 Å². The Labute approximate surface area is 221 Å². The number of anilines is 1. The molecule has 1 aromatic heterocycles. The van der Waals surface area contributed by atoms with E-state index in [0.29, 0.717) is 35.5 Å². The summed E-state index contributed by atoms with van der Waals surface area (Å²) in [6.07, 6.45) is 7.29. The second-order valence-corrected chi connectivity index (χ2v) is 8.59. The van der Waals surface area contributed by atoms with Gasteiger partial charge in [-0.25, -0.2) is 9.36 Å². The van der Waals surface area contributed by atoms with Crippen LogP contribution >= 0.6 is 11.8 Å². The van der Waals surface area contributed by atoms with E-state index >= 15 is 0 Å². The molecule has 1 aromatic carbocycles. The number of fused-ring (bicyclic) bond motifs is 1. The second kappa shape index (κ2) is 11.0. The molecule has 3 heterocycles. The minimum atomic E-state index is -1.32. The Hall–Kier alpha value is -2.92. The van der Waals surface area contributed by atoms with Crippen LogP contribution in [0.3, 0.4) is 0 Å². The summed E-state index contributed by atoms with van der Waals surface area (Å²) < 4.78 is 1.80. The number of rotatable bonds is 7. The Kier molecular flexibility index (Phi) is 8.32. The SMILES string of the molecule is O=C(O)C1=C(/C=C/C[n+]2ccc(C(=O)Nc3cccc(C(=O)[O-])c3)cc2)CSC2CC(=O)N12.[Na+]. The number of thioether (sulfide) groups is 1. The van der Waals surface area contributed by atoms with Crippen molar-refractivity contribution >= 4 is 41.2 Å². The van der Waals surface area contributed by atoms with E-state index in [-0.39, 0.29) is 52.1 Å². The number of aliphatic carboxylic acids is 1. The quantitative estimate of drug-likeness (QED) is 0.257. The summed E-state index contributed by atoms with van der Waals surface area (Å²) >= 11 is 1.55. The topological polar surface area (TPSA) is 131 Å². The van der Waals surface area contributed by atoms with Crippen LogP contribution in [0.1, 0.15) is 27.1 Å². The first-order valence-corrected chi connectivity index (χ1v) is 11.1. The van der Waals surface area contributed by atoms with Crippen molar-refractivity contribution in [3.8, 4) is 0 Å². The number of nitrogens with zero attached hydrogens (tertiary/aromatic N) is 2. The van der Waals surface area contributed by atoms with Gasteiger partial charge in [0.1, 0.15) is 5.70 Å². The molecule has 34 heavy (non-hydrogen) atoms. The molecule has 1 unspecified atom stereocenters. The number of aromatic nitrogens is 1. The maximum atomic E-state index is 12.4. The van der Waals surface area contributed by atoms with Gasteiger partial charge in [0.05, 0.1) is 23.3 Å². The molecule has 2 amide bonds. The molecule has 0 spiro atoms. The summed E-state index contributed by atoms with van der Waals surface area (Å²) in [4.78, 5) is 48.2. The molecule has 11 heteroatoms. The van der Waals surface area contributed by atoms with Crippen molar-refractivity contribution in [2.75, 3.05) is 11.1 Å². The number of aromatic carboxylic acids is 1. The summed E-state index contributed by atoms with van der Waals surface area (Å²) in [5, 5.41) is 23.0. The van der Waals surface area contributed by atoms with Crippen molar-refractivity contribution in [2.24, 2.45) is 0 Å². The molecule has 0 saturated carbocycles. The van der Waals surface area contributed by atoms with Crippen LogP contribution in [0, 0.1) is 0 Å². The monoisotopic (exact) mass is 488 g/mol. The van der Waals surface area contributed by atoms with Crippen LogP contribution in [-0.2, 0) is 16.1 Å². The summed E-state index contributed by atoms with van der Waals surface area (Å²) in [6, 6.07) is 9.03. The molecule has 168 valence electrons. The van der Waals surface area contributed by atoms with Gasteiger partial charge in [-0.2, -0.15) is 0 Å². The number of β-lactam (4-membered cyclic amide) rings is 1. The molecule has 0 aliphatic carbocycles. The molecule has 9 nitrogen and oxygen atoms in total. The molecule has 0 bridgehead atoms. The van der Waals surface area contributed by atoms with Gasteiger partial charge in [-0.3, -0.25) is 14.5 Å².